The van der Waals surface area contributed by atoms with E-state index >= 15 is 0 Å². The number of ether oxygens (including phenoxy) is 2. The van der Waals surface area contributed by atoms with E-state index in [1.54, 1.807) is 31.2 Å². The van der Waals surface area contributed by atoms with E-state index in [2.05, 4.69) is 0 Å². The second kappa shape index (κ2) is 6.79. The number of carbonyl (C=O) groups is 2. The molecule has 1 aromatic rings. The van der Waals surface area contributed by atoms with Gasteiger partial charge in [-0.2, -0.15) is 0 Å². The van der Waals surface area contributed by atoms with Crippen LogP contribution in [0.5, 0.6) is 5.75 Å². The Morgan fingerprint density at radius 2 is 1.78 bits per heavy atom. The van der Waals surface area contributed by atoms with Crippen LogP contribution in [0.2, 0.25) is 0 Å². The van der Waals surface area contributed by atoms with E-state index in [1.807, 2.05) is 13.8 Å². The first-order valence-electron chi connectivity index (χ1n) is 6.07. The van der Waals surface area contributed by atoms with E-state index in [-0.39, 0.29) is 17.9 Å². The van der Waals surface area contributed by atoms with Gasteiger partial charge in [0.15, 0.2) is 0 Å². The van der Waals surface area contributed by atoms with E-state index < -0.39 is 0 Å². The fourth-order valence-corrected chi connectivity index (χ4v) is 1.26. The maximum absolute atomic E-state index is 11.6. The number of esters is 2. The summed E-state index contributed by atoms with van der Waals surface area (Å²) in [4.78, 5) is 23.0. The van der Waals surface area contributed by atoms with Crippen LogP contribution in [-0.4, -0.2) is 18.5 Å². The van der Waals surface area contributed by atoms with Crippen molar-refractivity contribution in [2.24, 2.45) is 5.92 Å². The standard InChI is InChI=1S/C14H18O4/c1-4-10(3)13(15)18-12-8-6-11(7-9-12)14(16)17-5-2/h6-10H,4-5H2,1-3H3. The average Bonchev–Trinajstić information content (AvgIpc) is 2.38. The molecule has 0 bridgehead atoms. The summed E-state index contributed by atoms with van der Waals surface area (Å²) in [7, 11) is 0. The SMILES string of the molecule is CCOC(=O)c1ccc(OC(=O)C(C)CC)cc1. The molecule has 0 N–H and O–H groups in total. The number of benzene rings is 1. The second-order valence-electron chi connectivity index (χ2n) is 3.98. The topological polar surface area (TPSA) is 52.6 Å². The minimum atomic E-state index is -0.377. The van der Waals surface area contributed by atoms with Crippen molar-refractivity contribution < 1.29 is 19.1 Å². The third-order valence-corrected chi connectivity index (χ3v) is 2.60. The highest BCUT2D eigenvalue weighted by Crippen LogP contribution is 2.15. The van der Waals surface area contributed by atoms with Crippen molar-refractivity contribution in [1.82, 2.24) is 0 Å². The first-order valence-corrected chi connectivity index (χ1v) is 6.07. The predicted molar refractivity (Wildman–Crippen MR) is 67.5 cm³/mol. The molecular formula is C14H18O4. The molecule has 0 heterocycles. The summed E-state index contributed by atoms with van der Waals surface area (Å²) < 4.78 is 10.0. The lowest BCUT2D eigenvalue weighted by Gasteiger charge is -2.09. The van der Waals surface area contributed by atoms with Gasteiger partial charge in [0, 0.05) is 0 Å². The van der Waals surface area contributed by atoms with Crippen LogP contribution in [0.15, 0.2) is 24.3 Å². The Kier molecular flexibility index (Phi) is 5.36. The fourth-order valence-electron chi connectivity index (χ4n) is 1.26. The van der Waals surface area contributed by atoms with Crippen molar-refractivity contribution >= 4 is 11.9 Å². The highest BCUT2D eigenvalue weighted by Gasteiger charge is 2.13. The Morgan fingerprint density at radius 3 is 2.28 bits per heavy atom. The molecule has 0 aliphatic carbocycles. The largest absolute Gasteiger partial charge is 0.462 e. The zero-order valence-electron chi connectivity index (χ0n) is 10.9. The van der Waals surface area contributed by atoms with Crippen molar-refractivity contribution in [3.8, 4) is 5.75 Å². The normalized spacial score (nSPS) is 11.7. The van der Waals surface area contributed by atoms with Crippen LogP contribution in [0.25, 0.3) is 0 Å². The molecule has 0 saturated heterocycles. The summed E-state index contributed by atoms with van der Waals surface area (Å²) in [5.74, 6) is -0.332. The lowest BCUT2D eigenvalue weighted by atomic mass is 10.1. The molecule has 0 radical (unpaired) electrons. The van der Waals surface area contributed by atoms with E-state index in [0.717, 1.165) is 6.42 Å². The molecule has 0 spiro atoms. The minimum Gasteiger partial charge on any atom is -0.462 e. The Labute approximate surface area is 107 Å². The zero-order chi connectivity index (χ0) is 13.5. The summed E-state index contributed by atoms with van der Waals surface area (Å²) in [6.45, 7) is 5.83. The lowest BCUT2D eigenvalue weighted by molar-refractivity contribution is -0.138. The molecule has 18 heavy (non-hydrogen) atoms. The third kappa shape index (κ3) is 3.87. The number of hydrogen-bond donors (Lipinski definition) is 0. The van der Waals surface area contributed by atoms with Gasteiger partial charge in [0.2, 0.25) is 0 Å². The maximum Gasteiger partial charge on any atom is 0.338 e. The number of carbonyl (C=O) groups excluding carboxylic acids is 2. The van der Waals surface area contributed by atoms with Gasteiger partial charge in [-0.05, 0) is 37.6 Å². The zero-order valence-corrected chi connectivity index (χ0v) is 10.9. The summed E-state index contributed by atoms with van der Waals surface area (Å²) in [6.07, 6.45) is 0.736. The molecule has 1 atom stereocenters. The molecule has 98 valence electrons. The summed E-state index contributed by atoms with van der Waals surface area (Å²) >= 11 is 0. The first kappa shape index (κ1) is 14.2. The van der Waals surface area contributed by atoms with Crippen LogP contribution in [0.4, 0.5) is 0 Å². The maximum atomic E-state index is 11.6. The van der Waals surface area contributed by atoms with Crippen molar-refractivity contribution in [3.05, 3.63) is 29.8 Å². The molecule has 1 aromatic carbocycles. The van der Waals surface area contributed by atoms with Gasteiger partial charge in [-0.25, -0.2) is 4.79 Å². The Balaban J connectivity index is 2.66. The molecule has 0 amide bonds. The molecule has 4 nitrogen and oxygen atoms in total. The Morgan fingerprint density at radius 1 is 1.17 bits per heavy atom. The molecule has 1 rings (SSSR count). The Hall–Kier alpha value is -1.84. The van der Waals surface area contributed by atoms with E-state index in [9.17, 15) is 9.59 Å². The molecule has 0 fully saturated rings. The van der Waals surface area contributed by atoms with Crippen molar-refractivity contribution in [2.75, 3.05) is 6.61 Å². The Bertz CT molecular complexity index is 408. The van der Waals surface area contributed by atoms with Gasteiger partial charge >= 0.3 is 11.9 Å². The summed E-state index contributed by atoms with van der Waals surface area (Å²) in [6, 6.07) is 6.34. The minimum absolute atomic E-state index is 0.130. The molecule has 0 aliphatic rings. The highest BCUT2D eigenvalue weighted by atomic mass is 16.5. The van der Waals surface area contributed by atoms with Crippen LogP contribution in [0.3, 0.4) is 0 Å². The molecule has 4 heteroatoms. The monoisotopic (exact) mass is 250 g/mol. The van der Waals surface area contributed by atoms with Gasteiger partial charge in [0.05, 0.1) is 18.1 Å². The van der Waals surface area contributed by atoms with Gasteiger partial charge in [-0.3, -0.25) is 4.79 Å². The van der Waals surface area contributed by atoms with Crippen molar-refractivity contribution in [1.29, 1.82) is 0 Å². The third-order valence-electron chi connectivity index (χ3n) is 2.60. The molecule has 1 unspecified atom stereocenters. The second-order valence-corrected chi connectivity index (χ2v) is 3.98. The summed E-state index contributed by atoms with van der Waals surface area (Å²) in [5, 5.41) is 0. The molecular weight excluding hydrogens is 232 g/mol. The van der Waals surface area contributed by atoms with Crippen molar-refractivity contribution in [2.45, 2.75) is 27.2 Å². The van der Waals surface area contributed by atoms with Gasteiger partial charge in [-0.15, -0.1) is 0 Å². The first-order chi connectivity index (χ1) is 8.58. The van der Waals surface area contributed by atoms with Gasteiger partial charge in [0.25, 0.3) is 0 Å². The average molecular weight is 250 g/mol. The quantitative estimate of drug-likeness (QED) is 0.595. The lowest BCUT2D eigenvalue weighted by Crippen LogP contribution is -2.17. The predicted octanol–water partition coefficient (Wildman–Crippen LogP) is 2.81. The van der Waals surface area contributed by atoms with E-state index in [0.29, 0.717) is 17.9 Å². The molecule has 0 saturated carbocycles. The van der Waals surface area contributed by atoms with Crippen molar-refractivity contribution in [3.63, 3.8) is 0 Å². The highest BCUT2D eigenvalue weighted by molar-refractivity contribution is 5.89. The van der Waals surface area contributed by atoms with Gasteiger partial charge in [0.1, 0.15) is 5.75 Å². The smallest absolute Gasteiger partial charge is 0.338 e. The number of hydrogen-bond acceptors (Lipinski definition) is 4. The van der Waals surface area contributed by atoms with Crippen LogP contribution in [0, 0.1) is 5.92 Å². The van der Waals surface area contributed by atoms with Crippen LogP contribution < -0.4 is 4.74 Å². The fraction of sp³-hybridized carbons (Fsp3) is 0.429. The van der Waals surface area contributed by atoms with Gasteiger partial charge in [-0.1, -0.05) is 13.8 Å². The van der Waals surface area contributed by atoms with E-state index in [4.69, 9.17) is 9.47 Å². The van der Waals surface area contributed by atoms with Crippen LogP contribution in [-0.2, 0) is 9.53 Å². The number of rotatable bonds is 5. The van der Waals surface area contributed by atoms with Gasteiger partial charge < -0.3 is 9.47 Å². The molecule has 0 aromatic heterocycles. The van der Waals surface area contributed by atoms with E-state index in [1.165, 1.54) is 0 Å². The van der Waals surface area contributed by atoms with Crippen LogP contribution >= 0.6 is 0 Å². The van der Waals surface area contributed by atoms with Crippen LogP contribution in [0.1, 0.15) is 37.6 Å². The molecule has 0 aliphatic heterocycles. The summed E-state index contributed by atoms with van der Waals surface area (Å²) in [5.41, 5.74) is 0.445.